The summed E-state index contributed by atoms with van der Waals surface area (Å²) in [4.78, 5) is 4.65. The van der Waals surface area contributed by atoms with Gasteiger partial charge in [-0.2, -0.15) is 5.26 Å². The molecule has 0 saturated carbocycles. The van der Waals surface area contributed by atoms with Crippen LogP contribution in [0.15, 0.2) is 42.5 Å². The van der Waals surface area contributed by atoms with Gasteiger partial charge >= 0.3 is 0 Å². The Morgan fingerprint density at radius 2 is 2.00 bits per heavy atom. The van der Waals surface area contributed by atoms with E-state index in [2.05, 4.69) is 34.7 Å². The lowest BCUT2D eigenvalue weighted by atomic mass is 10.1. The number of fused-ring (bicyclic) bond motifs is 1. The molecule has 4 heteroatoms. The molecule has 1 aromatic heterocycles. The summed E-state index contributed by atoms with van der Waals surface area (Å²) in [7, 11) is 0. The van der Waals surface area contributed by atoms with Gasteiger partial charge in [-0.1, -0.05) is 24.3 Å². The van der Waals surface area contributed by atoms with E-state index in [-0.39, 0.29) is 0 Å². The van der Waals surface area contributed by atoms with Crippen molar-refractivity contribution < 1.29 is 0 Å². The van der Waals surface area contributed by atoms with Crippen LogP contribution in [-0.4, -0.2) is 15.4 Å². The first-order valence-electron chi connectivity index (χ1n) is 6.78. The van der Waals surface area contributed by atoms with Crippen molar-refractivity contribution in [3.05, 3.63) is 59.4 Å². The van der Waals surface area contributed by atoms with Gasteiger partial charge in [0.15, 0.2) is 0 Å². The van der Waals surface area contributed by atoms with Gasteiger partial charge in [0, 0.05) is 12.3 Å². The van der Waals surface area contributed by atoms with E-state index >= 15 is 0 Å². The first kappa shape index (κ1) is 13.7. The van der Waals surface area contributed by atoms with Gasteiger partial charge in [0.25, 0.3) is 0 Å². The molecule has 0 fully saturated rings. The van der Waals surface area contributed by atoms with Crippen LogP contribution in [0, 0.1) is 18.3 Å². The monoisotopic (exact) mass is 295 g/mol. The Balaban J connectivity index is 2.37. The number of para-hydroxylation sites is 2. The van der Waals surface area contributed by atoms with Crippen molar-refractivity contribution in [2.75, 3.05) is 5.88 Å². The average molecular weight is 296 g/mol. The van der Waals surface area contributed by atoms with Gasteiger partial charge in [-0.3, -0.25) is 4.57 Å². The molecule has 3 nitrogen and oxygen atoms in total. The molecular formula is C17H14ClN3. The third kappa shape index (κ3) is 2.28. The fourth-order valence-corrected chi connectivity index (χ4v) is 2.74. The number of halogens is 1. The molecule has 0 N–H and O–H groups in total. The minimum absolute atomic E-state index is 0.497. The van der Waals surface area contributed by atoms with E-state index in [1.54, 1.807) is 6.07 Å². The Morgan fingerprint density at radius 1 is 1.19 bits per heavy atom. The molecule has 0 bridgehead atoms. The second-order valence-electron chi connectivity index (χ2n) is 4.87. The van der Waals surface area contributed by atoms with Crippen LogP contribution in [0.5, 0.6) is 0 Å². The fourth-order valence-electron chi connectivity index (χ4n) is 2.57. The predicted octanol–water partition coefficient (Wildman–Crippen LogP) is 3.99. The molecule has 3 aromatic rings. The fraction of sp³-hybridized carbons (Fsp3) is 0.176. The standard InChI is InChI=1S/C17H14ClN3/c1-12-5-2-3-7-14(12)21-15-8-4-6-13(11-19)17(15)20-16(21)9-10-18/h2-8H,9-10H2,1H3. The number of nitrogens with zero attached hydrogens (tertiary/aromatic N) is 3. The Bertz CT molecular complexity index is 843. The van der Waals surface area contributed by atoms with E-state index in [0.29, 0.717) is 17.9 Å². The van der Waals surface area contributed by atoms with Gasteiger partial charge in [-0.15, -0.1) is 11.6 Å². The third-order valence-corrected chi connectivity index (χ3v) is 3.74. The van der Waals surface area contributed by atoms with Crippen molar-refractivity contribution in [2.45, 2.75) is 13.3 Å². The average Bonchev–Trinajstić information content (AvgIpc) is 2.86. The van der Waals surface area contributed by atoms with Gasteiger partial charge in [0.2, 0.25) is 0 Å². The summed E-state index contributed by atoms with van der Waals surface area (Å²) in [5, 5.41) is 9.27. The van der Waals surface area contributed by atoms with Crippen LogP contribution in [0.4, 0.5) is 0 Å². The second-order valence-corrected chi connectivity index (χ2v) is 5.25. The number of hydrogen-bond acceptors (Lipinski definition) is 2. The number of benzene rings is 2. The zero-order chi connectivity index (χ0) is 14.8. The largest absolute Gasteiger partial charge is 0.296 e. The van der Waals surface area contributed by atoms with Gasteiger partial charge in [0.1, 0.15) is 17.4 Å². The number of alkyl halides is 1. The summed E-state index contributed by atoms with van der Waals surface area (Å²) < 4.78 is 2.11. The highest BCUT2D eigenvalue weighted by molar-refractivity contribution is 6.18. The smallest absolute Gasteiger partial charge is 0.115 e. The minimum Gasteiger partial charge on any atom is -0.296 e. The van der Waals surface area contributed by atoms with Crippen LogP contribution in [0.1, 0.15) is 17.0 Å². The lowest BCUT2D eigenvalue weighted by Gasteiger charge is -2.11. The predicted molar refractivity (Wildman–Crippen MR) is 84.9 cm³/mol. The van der Waals surface area contributed by atoms with Gasteiger partial charge < -0.3 is 0 Å². The molecular weight excluding hydrogens is 282 g/mol. The molecule has 0 spiro atoms. The minimum atomic E-state index is 0.497. The van der Waals surface area contributed by atoms with Crippen LogP contribution in [-0.2, 0) is 6.42 Å². The number of rotatable bonds is 3. The molecule has 0 aliphatic rings. The van der Waals surface area contributed by atoms with Crippen LogP contribution in [0.3, 0.4) is 0 Å². The highest BCUT2D eigenvalue weighted by Gasteiger charge is 2.15. The van der Waals surface area contributed by atoms with Crippen LogP contribution >= 0.6 is 11.6 Å². The van der Waals surface area contributed by atoms with Crippen LogP contribution in [0.2, 0.25) is 0 Å². The van der Waals surface area contributed by atoms with Crippen molar-refractivity contribution in [3.63, 3.8) is 0 Å². The zero-order valence-electron chi connectivity index (χ0n) is 11.7. The van der Waals surface area contributed by atoms with E-state index in [0.717, 1.165) is 28.1 Å². The Hall–Kier alpha value is -2.31. The highest BCUT2D eigenvalue weighted by atomic mass is 35.5. The molecule has 0 amide bonds. The van der Waals surface area contributed by atoms with E-state index in [4.69, 9.17) is 11.6 Å². The number of hydrogen-bond donors (Lipinski definition) is 0. The Morgan fingerprint density at radius 3 is 2.71 bits per heavy atom. The summed E-state index contributed by atoms with van der Waals surface area (Å²) in [5.74, 6) is 1.38. The molecule has 2 aromatic carbocycles. The van der Waals surface area contributed by atoms with Gasteiger partial charge in [-0.25, -0.2) is 4.98 Å². The number of imidazole rings is 1. The van der Waals surface area contributed by atoms with Crippen molar-refractivity contribution in [2.24, 2.45) is 0 Å². The van der Waals surface area contributed by atoms with Crippen molar-refractivity contribution in [1.82, 2.24) is 9.55 Å². The summed E-state index contributed by atoms with van der Waals surface area (Å²) in [6, 6.07) is 16.0. The van der Waals surface area contributed by atoms with E-state index in [9.17, 15) is 5.26 Å². The molecule has 3 rings (SSSR count). The second kappa shape index (κ2) is 5.59. The lowest BCUT2D eigenvalue weighted by Crippen LogP contribution is -2.03. The van der Waals surface area contributed by atoms with Crippen molar-refractivity contribution >= 4 is 22.6 Å². The third-order valence-electron chi connectivity index (χ3n) is 3.55. The van der Waals surface area contributed by atoms with Crippen LogP contribution < -0.4 is 0 Å². The molecule has 1 heterocycles. The van der Waals surface area contributed by atoms with E-state index in [1.807, 2.05) is 24.3 Å². The molecule has 0 aliphatic carbocycles. The summed E-state index contributed by atoms with van der Waals surface area (Å²) >= 11 is 5.92. The first-order valence-corrected chi connectivity index (χ1v) is 7.32. The molecule has 0 aliphatic heterocycles. The maximum atomic E-state index is 9.27. The van der Waals surface area contributed by atoms with Gasteiger partial charge in [0.05, 0.1) is 16.8 Å². The maximum Gasteiger partial charge on any atom is 0.115 e. The summed E-state index contributed by atoms with van der Waals surface area (Å²) in [6.45, 7) is 2.07. The molecule has 0 saturated heterocycles. The molecule has 0 atom stereocenters. The normalized spacial score (nSPS) is 10.7. The summed E-state index contributed by atoms with van der Waals surface area (Å²) in [5.41, 5.74) is 4.52. The lowest BCUT2D eigenvalue weighted by molar-refractivity contribution is 0.907. The highest BCUT2D eigenvalue weighted by Crippen LogP contribution is 2.26. The van der Waals surface area contributed by atoms with E-state index < -0.39 is 0 Å². The zero-order valence-corrected chi connectivity index (χ0v) is 12.4. The number of nitriles is 1. The quantitative estimate of drug-likeness (QED) is 0.686. The SMILES string of the molecule is Cc1ccccc1-n1c(CCCl)nc2c(C#N)cccc21. The maximum absolute atomic E-state index is 9.27. The Kier molecular flexibility index (Phi) is 3.64. The molecule has 21 heavy (non-hydrogen) atoms. The van der Waals surface area contributed by atoms with E-state index in [1.165, 1.54) is 0 Å². The number of aryl methyl sites for hydroxylation is 2. The molecule has 0 unspecified atom stereocenters. The first-order chi connectivity index (χ1) is 10.3. The van der Waals surface area contributed by atoms with Crippen molar-refractivity contribution in [1.29, 1.82) is 5.26 Å². The Labute approximate surface area is 128 Å². The van der Waals surface area contributed by atoms with Crippen molar-refractivity contribution in [3.8, 4) is 11.8 Å². The van der Waals surface area contributed by atoms with Gasteiger partial charge in [-0.05, 0) is 30.7 Å². The number of aromatic nitrogens is 2. The molecule has 0 radical (unpaired) electrons. The summed E-state index contributed by atoms with van der Waals surface area (Å²) in [6.07, 6.45) is 0.662. The molecule has 104 valence electrons. The topological polar surface area (TPSA) is 41.6 Å². The van der Waals surface area contributed by atoms with Crippen LogP contribution in [0.25, 0.3) is 16.7 Å².